The largest absolute Gasteiger partial charge is 0.455 e. The van der Waals surface area contributed by atoms with Gasteiger partial charge in [0.15, 0.2) is 0 Å². The normalized spacial score (nSPS) is 11.7. The van der Waals surface area contributed by atoms with Crippen LogP contribution in [0.3, 0.4) is 0 Å². The minimum Gasteiger partial charge on any atom is -0.455 e. The van der Waals surface area contributed by atoms with Crippen LogP contribution in [0, 0.1) is 0 Å². The molecule has 0 spiro atoms. The summed E-state index contributed by atoms with van der Waals surface area (Å²) in [5.74, 6) is 0. The molecule has 0 aliphatic carbocycles. The topological polar surface area (TPSA) is 21.3 Å². The van der Waals surface area contributed by atoms with E-state index in [-0.39, 0.29) is 0 Å². The molecular weight excluding hydrogens is 789 g/mol. The number of nitrogens with zero attached hydrogens (tertiary/aromatic N) is 2. The lowest BCUT2D eigenvalue weighted by atomic mass is 9.97. The highest BCUT2D eigenvalue weighted by Crippen LogP contribution is 2.45. The quantitative estimate of drug-likeness (QED) is 0.149. The van der Waals surface area contributed by atoms with Crippen molar-refractivity contribution in [3.8, 4) is 39.1 Å². The standard InChI is InChI=1S/C62H40N2O/c1-2-22-50-42(15-1)33-34-43-16-13-31-59(61(43)50)63(48-20-12-19-46(40-48)51-26-14-27-55-54-25-6-10-32-60(54)65-62(51)55)47-37-35-41(36-38-47)44-17-11-18-45(39-44)49-21-3-7-28-56(49)64-57-29-8-4-23-52(57)53-24-5-9-30-58(53)64/h1-40H. The number of para-hydroxylation sites is 5. The fraction of sp³-hybridized carbons (Fsp3) is 0. The van der Waals surface area contributed by atoms with E-state index < -0.39 is 0 Å². The maximum Gasteiger partial charge on any atom is 0.143 e. The van der Waals surface area contributed by atoms with Crippen molar-refractivity contribution in [1.29, 1.82) is 0 Å². The Hall–Kier alpha value is -8.66. The lowest BCUT2D eigenvalue weighted by molar-refractivity contribution is 0.670. The average Bonchev–Trinajstić information content (AvgIpc) is 3.93. The van der Waals surface area contributed by atoms with E-state index in [1.807, 2.05) is 12.1 Å². The van der Waals surface area contributed by atoms with Gasteiger partial charge in [0.2, 0.25) is 0 Å². The Morgan fingerprint density at radius 2 is 0.923 bits per heavy atom. The molecule has 0 atom stereocenters. The van der Waals surface area contributed by atoms with Crippen LogP contribution in [-0.4, -0.2) is 4.57 Å². The molecule has 0 amide bonds. The highest BCUT2D eigenvalue weighted by atomic mass is 16.3. The van der Waals surface area contributed by atoms with E-state index in [0.717, 1.165) is 66.9 Å². The lowest BCUT2D eigenvalue weighted by Gasteiger charge is -2.28. The Bertz CT molecular complexity index is 3910. The number of hydrogen-bond donors (Lipinski definition) is 0. The number of fused-ring (bicyclic) bond motifs is 9. The molecule has 3 heteroatoms. The van der Waals surface area contributed by atoms with Gasteiger partial charge in [-0.2, -0.15) is 0 Å². The van der Waals surface area contributed by atoms with E-state index in [2.05, 4.69) is 240 Å². The Labute approximate surface area is 376 Å². The molecule has 304 valence electrons. The lowest BCUT2D eigenvalue weighted by Crippen LogP contribution is -2.10. The molecule has 65 heavy (non-hydrogen) atoms. The van der Waals surface area contributed by atoms with Crippen molar-refractivity contribution >= 4 is 82.4 Å². The fourth-order valence-corrected chi connectivity index (χ4v) is 10.2. The summed E-state index contributed by atoms with van der Waals surface area (Å²) in [5.41, 5.74) is 15.4. The van der Waals surface area contributed by atoms with Gasteiger partial charge >= 0.3 is 0 Å². The summed E-state index contributed by atoms with van der Waals surface area (Å²) in [4.78, 5) is 2.42. The van der Waals surface area contributed by atoms with Crippen molar-refractivity contribution in [3.05, 3.63) is 243 Å². The Morgan fingerprint density at radius 3 is 1.75 bits per heavy atom. The summed E-state index contributed by atoms with van der Waals surface area (Å²) in [6.45, 7) is 0. The zero-order valence-electron chi connectivity index (χ0n) is 35.4. The van der Waals surface area contributed by atoms with Gasteiger partial charge in [0.25, 0.3) is 0 Å². The molecule has 13 aromatic rings. The minimum atomic E-state index is 0.897. The first-order valence-corrected chi connectivity index (χ1v) is 22.2. The number of aromatic nitrogens is 1. The first kappa shape index (κ1) is 36.9. The first-order valence-electron chi connectivity index (χ1n) is 22.2. The summed E-state index contributed by atoms with van der Waals surface area (Å²) >= 11 is 0. The monoisotopic (exact) mass is 828 g/mol. The molecule has 11 aromatic carbocycles. The number of rotatable bonds is 7. The first-order chi connectivity index (χ1) is 32.2. The van der Waals surface area contributed by atoms with Crippen molar-refractivity contribution in [2.75, 3.05) is 4.90 Å². The molecule has 0 N–H and O–H groups in total. The van der Waals surface area contributed by atoms with Crippen molar-refractivity contribution in [2.45, 2.75) is 0 Å². The van der Waals surface area contributed by atoms with E-state index in [0.29, 0.717) is 0 Å². The van der Waals surface area contributed by atoms with Crippen molar-refractivity contribution < 1.29 is 4.42 Å². The fourth-order valence-electron chi connectivity index (χ4n) is 10.2. The van der Waals surface area contributed by atoms with Crippen LogP contribution in [0.4, 0.5) is 17.1 Å². The molecule has 0 saturated carbocycles. The third-order valence-corrected chi connectivity index (χ3v) is 13.2. The van der Waals surface area contributed by atoms with Crippen LogP contribution in [0.1, 0.15) is 0 Å². The van der Waals surface area contributed by atoms with Crippen LogP contribution in [0.5, 0.6) is 0 Å². The predicted molar refractivity (Wildman–Crippen MR) is 274 cm³/mol. The van der Waals surface area contributed by atoms with Gasteiger partial charge in [-0.1, -0.05) is 182 Å². The van der Waals surface area contributed by atoms with E-state index >= 15 is 0 Å². The van der Waals surface area contributed by atoms with E-state index in [4.69, 9.17) is 4.42 Å². The van der Waals surface area contributed by atoms with Gasteiger partial charge in [0, 0.05) is 49.4 Å². The molecule has 0 radical (unpaired) electrons. The SMILES string of the molecule is c1cc(-c2ccc(N(c3cccc(-c4cccc5c4oc4ccccc45)c3)c3cccc4ccc5ccccc5c34)cc2)cc(-c2ccccc2-n2c3ccccc3c3ccccc32)c1. The van der Waals surface area contributed by atoms with E-state index in [1.54, 1.807) is 0 Å². The maximum absolute atomic E-state index is 6.55. The van der Waals surface area contributed by atoms with Crippen LogP contribution in [0.15, 0.2) is 247 Å². The Balaban J connectivity index is 0.941. The van der Waals surface area contributed by atoms with Crippen LogP contribution in [0.2, 0.25) is 0 Å². The molecule has 0 aliphatic rings. The van der Waals surface area contributed by atoms with Crippen molar-refractivity contribution in [3.63, 3.8) is 0 Å². The van der Waals surface area contributed by atoms with Crippen LogP contribution >= 0.6 is 0 Å². The van der Waals surface area contributed by atoms with E-state index in [9.17, 15) is 0 Å². The van der Waals surface area contributed by atoms with Gasteiger partial charge < -0.3 is 13.9 Å². The molecular formula is C62H40N2O. The van der Waals surface area contributed by atoms with Crippen LogP contribution in [-0.2, 0) is 0 Å². The second kappa shape index (κ2) is 15.0. The summed E-state index contributed by atoms with van der Waals surface area (Å²) in [6, 6.07) is 87.7. The summed E-state index contributed by atoms with van der Waals surface area (Å²) in [6.07, 6.45) is 0. The van der Waals surface area contributed by atoms with Gasteiger partial charge in [-0.15, -0.1) is 0 Å². The molecule has 2 aromatic heterocycles. The highest BCUT2D eigenvalue weighted by molar-refractivity contribution is 6.16. The summed E-state index contributed by atoms with van der Waals surface area (Å²) in [5, 5.41) is 9.62. The molecule has 0 unspecified atom stereocenters. The molecule has 0 aliphatic heterocycles. The Morgan fingerprint density at radius 1 is 0.338 bits per heavy atom. The summed E-state index contributed by atoms with van der Waals surface area (Å²) < 4.78 is 8.97. The summed E-state index contributed by atoms with van der Waals surface area (Å²) in [7, 11) is 0. The van der Waals surface area contributed by atoms with Gasteiger partial charge in [-0.3, -0.25) is 0 Å². The van der Waals surface area contributed by atoms with Crippen molar-refractivity contribution in [2.24, 2.45) is 0 Å². The molecule has 0 saturated heterocycles. The number of hydrogen-bond acceptors (Lipinski definition) is 2. The molecule has 13 rings (SSSR count). The predicted octanol–water partition coefficient (Wildman–Crippen LogP) is 17.5. The zero-order chi connectivity index (χ0) is 42.8. The second-order valence-corrected chi connectivity index (χ2v) is 16.8. The number of furan rings is 1. The van der Waals surface area contributed by atoms with Gasteiger partial charge in [0.1, 0.15) is 11.2 Å². The maximum atomic E-state index is 6.55. The number of anilines is 3. The third kappa shape index (κ3) is 6.05. The smallest absolute Gasteiger partial charge is 0.143 e. The average molecular weight is 829 g/mol. The molecule has 3 nitrogen and oxygen atoms in total. The van der Waals surface area contributed by atoms with Gasteiger partial charge in [0.05, 0.1) is 22.4 Å². The number of benzene rings is 11. The molecule has 0 fully saturated rings. The van der Waals surface area contributed by atoms with Crippen molar-refractivity contribution in [1.82, 2.24) is 4.57 Å². The van der Waals surface area contributed by atoms with E-state index in [1.165, 1.54) is 54.5 Å². The Kier molecular flexibility index (Phi) is 8.53. The molecule has 0 bridgehead atoms. The molecule has 2 heterocycles. The van der Waals surface area contributed by atoms with Gasteiger partial charge in [-0.25, -0.2) is 0 Å². The second-order valence-electron chi connectivity index (χ2n) is 16.8. The zero-order valence-corrected chi connectivity index (χ0v) is 35.4. The van der Waals surface area contributed by atoms with Gasteiger partial charge in [-0.05, 0) is 99.1 Å². The highest BCUT2D eigenvalue weighted by Gasteiger charge is 2.20. The minimum absolute atomic E-state index is 0.897. The van der Waals surface area contributed by atoms with Crippen LogP contribution < -0.4 is 4.90 Å². The van der Waals surface area contributed by atoms with Crippen LogP contribution in [0.25, 0.3) is 104 Å². The third-order valence-electron chi connectivity index (χ3n) is 13.2.